The van der Waals surface area contributed by atoms with Gasteiger partial charge >= 0.3 is 5.97 Å². The Morgan fingerprint density at radius 1 is 1.40 bits per heavy atom. The van der Waals surface area contributed by atoms with Gasteiger partial charge in [0.1, 0.15) is 11.4 Å². The molecule has 0 amide bonds. The minimum absolute atomic E-state index is 0.0499. The van der Waals surface area contributed by atoms with Crippen molar-refractivity contribution in [1.29, 1.82) is 0 Å². The van der Waals surface area contributed by atoms with E-state index in [1.165, 1.54) is 0 Å². The van der Waals surface area contributed by atoms with Gasteiger partial charge in [0.2, 0.25) is 0 Å². The van der Waals surface area contributed by atoms with Crippen LogP contribution in [0.2, 0.25) is 0 Å². The summed E-state index contributed by atoms with van der Waals surface area (Å²) in [6.07, 6.45) is 1.42. The van der Waals surface area contributed by atoms with Crippen molar-refractivity contribution in [3.05, 3.63) is 35.9 Å². The summed E-state index contributed by atoms with van der Waals surface area (Å²) in [6, 6.07) is 9.10. The van der Waals surface area contributed by atoms with Crippen LogP contribution in [0.15, 0.2) is 30.3 Å². The summed E-state index contributed by atoms with van der Waals surface area (Å²) in [5.41, 5.74) is 0.925. The third kappa shape index (κ3) is 3.24. The number of nitrogens with zero attached hydrogens (tertiary/aromatic N) is 1. The highest BCUT2D eigenvalue weighted by Gasteiger charge is 2.14. The number of carboxylic acid groups (broad SMARTS) is 1. The van der Waals surface area contributed by atoms with Crippen molar-refractivity contribution in [2.45, 2.75) is 25.8 Å². The molecule has 0 aliphatic heterocycles. The number of aromatic nitrogens is 1. The Hall–Kier alpha value is -2.14. The van der Waals surface area contributed by atoms with Gasteiger partial charge in [0.25, 0.3) is 0 Å². The topological polar surface area (TPSA) is 82.5 Å². The summed E-state index contributed by atoms with van der Waals surface area (Å²) in [5.74, 6) is -0.623. The number of carbonyl (C=O) groups is 1. The maximum Gasteiger partial charge on any atom is 0.339 e. The zero-order valence-corrected chi connectivity index (χ0v) is 11.3. The lowest BCUT2D eigenvalue weighted by Crippen LogP contribution is -2.19. The van der Waals surface area contributed by atoms with E-state index in [1.54, 1.807) is 6.07 Å². The first-order chi connectivity index (χ1) is 9.61. The Morgan fingerprint density at radius 3 is 2.85 bits per heavy atom. The Bertz CT molecular complexity index is 613. The second-order valence-electron chi connectivity index (χ2n) is 4.79. The normalized spacial score (nSPS) is 12.3. The smallest absolute Gasteiger partial charge is 0.339 e. The first-order valence-corrected chi connectivity index (χ1v) is 6.62. The molecule has 0 bridgehead atoms. The highest BCUT2D eigenvalue weighted by Crippen LogP contribution is 2.21. The summed E-state index contributed by atoms with van der Waals surface area (Å²) in [7, 11) is 0. The molecule has 0 saturated heterocycles. The Balaban J connectivity index is 2.34. The fraction of sp³-hybridized carbons (Fsp3) is 0.333. The zero-order chi connectivity index (χ0) is 14.5. The molecular weight excluding hydrogens is 256 g/mol. The van der Waals surface area contributed by atoms with Gasteiger partial charge in [-0.1, -0.05) is 18.2 Å². The molecule has 0 spiro atoms. The van der Waals surface area contributed by atoms with Gasteiger partial charge < -0.3 is 15.5 Å². The lowest BCUT2D eigenvalue weighted by molar-refractivity contribution is 0.0697. The van der Waals surface area contributed by atoms with Crippen molar-refractivity contribution in [2.75, 3.05) is 11.9 Å². The predicted molar refractivity (Wildman–Crippen MR) is 78.1 cm³/mol. The van der Waals surface area contributed by atoms with E-state index in [-0.39, 0.29) is 18.2 Å². The molecule has 3 N–H and O–H groups in total. The molecule has 0 fully saturated rings. The first-order valence-electron chi connectivity index (χ1n) is 6.62. The number of anilines is 1. The number of aliphatic hydroxyl groups is 1. The maximum absolute atomic E-state index is 11.3. The molecule has 106 valence electrons. The van der Waals surface area contributed by atoms with Crippen LogP contribution in [-0.2, 0) is 0 Å². The van der Waals surface area contributed by atoms with Crippen LogP contribution in [0.3, 0.4) is 0 Å². The van der Waals surface area contributed by atoms with Gasteiger partial charge in [-0.2, -0.15) is 0 Å². The summed E-state index contributed by atoms with van der Waals surface area (Å²) >= 11 is 0. The number of aromatic carboxylic acids is 1. The number of hydrogen-bond donors (Lipinski definition) is 3. The third-order valence-corrected chi connectivity index (χ3v) is 3.13. The largest absolute Gasteiger partial charge is 0.478 e. The summed E-state index contributed by atoms with van der Waals surface area (Å²) in [4.78, 5) is 15.7. The molecule has 0 aliphatic rings. The number of fused-ring (bicyclic) bond motifs is 1. The summed E-state index contributed by atoms with van der Waals surface area (Å²) in [6.45, 7) is 2.07. The van der Waals surface area contributed by atoms with Gasteiger partial charge in [-0.3, -0.25) is 0 Å². The minimum Gasteiger partial charge on any atom is -0.478 e. The van der Waals surface area contributed by atoms with E-state index >= 15 is 0 Å². The maximum atomic E-state index is 11.3. The third-order valence-electron chi connectivity index (χ3n) is 3.13. The molecule has 1 heterocycles. The van der Waals surface area contributed by atoms with Crippen molar-refractivity contribution in [1.82, 2.24) is 4.98 Å². The first kappa shape index (κ1) is 14.3. The molecule has 1 atom stereocenters. The lowest BCUT2D eigenvalue weighted by Gasteiger charge is -2.16. The molecule has 20 heavy (non-hydrogen) atoms. The molecule has 0 radical (unpaired) electrons. The number of nitrogens with one attached hydrogen (secondary N) is 1. The van der Waals surface area contributed by atoms with Gasteiger partial charge in [-0.25, -0.2) is 9.78 Å². The Morgan fingerprint density at radius 2 is 2.15 bits per heavy atom. The molecule has 1 unspecified atom stereocenters. The quantitative estimate of drug-likeness (QED) is 0.754. The van der Waals surface area contributed by atoms with Crippen LogP contribution in [0.5, 0.6) is 0 Å². The van der Waals surface area contributed by atoms with Gasteiger partial charge in [0.05, 0.1) is 5.52 Å². The van der Waals surface area contributed by atoms with Crippen molar-refractivity contribution in [2.24, 2.45) is 0 Å². The van der Waals surface area contributed by atoms with Crippen LogP contribution in [0.25, 0.3) is 10.9 Å². The van der Waals surface area contributed by atoms with Crippen molar-refractivity contribution in [3.63, 3.8) is 0 Å². The second-order valence-corrected chi connectivity index (χ2v) is 4.79. The van der Waals surface area contributed by atoms with Crippen LogP contribution >= 0.6 is 0 Å². The lowest BCUT2D eigenvalue weighted by atomic mass is 10.1. The number of aliphatic hydroxyl groups excluding tert-OH is 1. The molecule has 2 rings (SSSR count). The second kappa shape index (κ2) is 6.34. The van der Waals surface area contributed by atoms with E-state index in [0.29, 0.717) is 12.2 Å². The number of hydrogen-bond acceptors (Lipinski definition) is 4. The average molecular weight is 274 g/mol. The highest BCUT2D eigenvalue weighted by atomic mass is 16.4. The number of pyridine rings is 1. The van der Waals surface area contributed by atoms with E-state index in [4.69, 9.17) is 5.11 Å². The molecule has 1 aromatic carbocycles. The standard InChI is InChI=1S/C15H18N2O3/c1-10(5-4-8-18)16-14-12(15(19)20)9-11-6-2-3-7-13(11)17-14/h2-3,6-7,9-10,18H,4-5,8H2,1H3,(H,16,17)(H,19,20). The Labute approximate surface area is 117 Å². The minimum atomic E-state index is -1.000. The fourth-order valence-corrected chi connectivity index (χ4v) is 2.09. The SMILES string of the molecule is CC(CCCO)Nc1nc2ccccc2cc1C(=O)O. The van der Waals surface area contributed by atoms with Crippen LogP contribution < -0.4 is 5.32 Å². The molecular formula is C15H18N2O3. The van der Waals surface area contributed by atoms with Gasteiger partial charge in [0, 0.05) is 18.0 Å². The zero-order valence-electron chi connectivity index (χ0n) is 11.3. The fourth-order valence-electron chi connectivity index (χ4n) is 2.09. The van der Waals surface area contributed by atoms with E-state index in [0.717, 1.165) is 17.3 Å². The van der Waals surface area contributed by atoms with E-state index in [9.17, 15) is 9.90 Å². The number of rotatable bonds is 6. The predicted octanol–water partition coefficient (Wildman–Crippen LogP) is 2.51. The molecule has 5 heteroatoms. The molecule has 0 aliphatic carbocycles. The summed E-state index contributed by atoms with van der Waals surface area (Å²) < 4.78 is 0. The van der Waals surface area contributed by atoms with Crippen molar-refractivity contribution < 1.29 is 15.0 Å². The molecule has 1 aromatic heterocycles. The number of benzene rings is 1. The van der Waals surface area contributed by atoms with Crippen LogP contribution in [0.4, 0.5) is 5.82 Å². The van der Waals surface area contributed by atoms with Crippen LogP contribution in [-0.4, -0.2) is 33.8 Å². The van der Waals surface area contributed by atoms with Crippen LogP contribution in [0, 0.1) is 0 Å². The van der Waals surface area contributed by atoms with Crippen LogP contribution in [0.1, 0.15) is 30.1 Å². The molecule has 2 aromatic rings. The Kier molecular flexibility index (Phi) is 4.53. The number of carboxylic acids is 1. The summed E-state index contributed by atoms with van der Waals surface area (Å²) in [5, 5.41) is 22.0. The highest BCUT2D eigenvalue weighted by molar-refractivity contribution is 5.98. The number of para-hydroxylation sites is 1. The van der Waals surface area contributed by atoms with E-state index < -0.39 is 5.97 Å². The van der Waals surface area contributed by atoms with E-state index in [2.05, 4.69) is 10.3 Å². The van der Waals surface area contributed by atoms with Crippen molar-refractivity contribution in [3.8, 4) is 0 Å². The van der Waals surface area contributed by atoms with Crippen molar-refractivity contribution >= 4 is 22.7 Å². The average Bonchev–Trinajstić information content (AvgIpc) is 2.44. The molecule has 5 nitrogen and oxygen atoms in total. The van der Waals surface area contributed by atoms with E-state index in [1.807, 2.05) is 31.2 Å². The van der Waals surface area contributed by atoms with Gasteiger partial charge in [0.15, 0.2) is 0 Å². The monoisotopic (exact) mass is 274 g/mol. The molecule has 0 saturated carbocycles. The van der Waals surface area contributed by atoms with Gasteiger partial charge in [-0.05, 0) is 31.9 Å². The van der Waals surface area contributed by atoms with Gasteiger partial charge in [-0.15, -0.1) is 0 Å².